The minimum Gasteiger partial charge on any atom is -0.345 e. The summed E-state index contributed by atoms with van der Waals surface area (Å²) in [7, 11) is 3.56. The molecular weight excluding hydrogens is 436 g/mol. The van der Waals surface area contributed by atoms with E-state index in [1.54, 1.807) is 42.1 Å². The fourth-order valence-corrected chi connectivity index (χ4v) is 7.23. The first kappa shape index (κ1) is 21.7. The molecule has 2 bridgehead atoms. The summed E-state index contributed by atoms with van der Waals surface area (Å²) in [5.41, 5.74) is 1.90. The molecule has 1 amide bonds. The van der Waals surface area contributed by atoms with Crippen molar-refractivity contribution in [2.45, 2.75) is 49.6 Å². The molecule has 2 aliphatic rings. The predicted molar refractivity (Wildman–Crippen MR) is 131 cm³/mol. The van der Waals surface area contributed by atoms with Gasteiger partial charge in [0.15, 0.2) is 11.0 Å². The number of rotatable bonds is 7. The normalized spacial score (nSPS) is 22.9. The molecular formula is C25H30N4OS2. The maximum atomic E-state index is 12.2. The highest BCUT2D eigenvalue weighted by Gasteiger charge is 2.43. The highest BCUT2D eigenvalue weighted by molar-refractivity contribution is 7.98. The van der Waals surface area contributed by atoms with Crippen LogP contribution in [0.1, 0.15) is 54.6 Å². The van der Waals surface area contributed by atoms with Crippen molar-refractivity contribution in [1.29, 1.82) is 0 Å². The number of hydrogen-bond donors (Lipinski definition) is 0. The number of carbonyl (C=O) groups excluding carboxylic acids is 1. The lowest BCUT2D eigenvalue weighted by Crippen LogP contribution is -2.23. The van der Waals surface area contributed by atoms with Gasteiger partial charge < -0.3 is 4.90 Å². The number of thiophene rings is 1. The zero-order chi connectivity index (χ0) is 22.2. The number of nitrogens with zero attached hydrogens (tertiary/aromatic N) is 4. The standard InChI is InChI=1S/C25H30N4OS2/c1-16(21-14-18-8-11-20(21)13-18)29-23(22-5-4-12-31-22)26-27-25(29)32-15-17-6-9-19(10-7-17)24(30)28(2)3/h4-7,9-10,12,16,18,20-21H,8,11,13-15H2,1-3H3. The van der Waals surface area contributed by atoms with Crippen molar-refractivity contribution in [2.75, 3.05) is 14.1 Å². The first-order chi connectivity index (χ1) is 15.5. The van der Waals surface area contributed by atoms with Gasteiger partial charge in [-0.15, -0.1) is 21.5 Å². The van der Waals surface area contributed by atoms with Crippen molar-refractivity contribution in [3.8, 4) is 10.7 Å². The van der Waals surface area contributed by atoms with Crippen LogP contribution in [0.5, 0.6) is 0 Å². The summed E-state index contributed by atoms with van der Waals surface area (Å²) >= 11 is 3.48. The van der Waals surface area contributed by atoms with E-state index in [9.17, 15) is 4.79 Å². The van der Waals surface area contributed by atoms with E-state index >= 15 is 0 Å². The number of benzene rings is 1. The molecule has 168 valence electrons. The summed E-state index contributed by atoms with van der Waals surface area (Å²) in [5.74, 6) is 4.34. The van der Waals surface area contributed by atoms with Crippen molar-refractivity contribution in [2.24, 2.45) is 17.8 Å². The molecule has 5 rings (SSSR count). The topological polar surface area (TPSA) is 51.0 Å². The Balaban J connectivity index is 1.37. The smallest absolute Gasteiger partial charge is 0.253 e. The zero-order valence-electron chi connectivity index (χ0n) is 18.9. The van der Waals surface area contributed by atoms with E-state index in [1.165, 1.54) is 36.1 Å². The molecule has 7 heteroatoms. The van der Waals surface area contributed by atoms with E-state index in [0.29, 0.717) is 6.04 Å². The number of aromatic nitrogens is 3. The Kier molecular flexibility index (Phi) is 6.12. The number of thioether (sulfide) groups is 1. The van der Waals surface area contributed by atoms with Gasteiger partial charge >= 0.3 is 0 Å². The average molecular weight is 467 g/mol. The Bertz CT molecular complexity index is 1070. The Morgan fingerprint density at radius 2 is 2.00 bits per heavy atom. The molecule has 1 aromatic carbocycles. The molecule has 2 saturated carbocycles. The Morgan fingerprint density at radius 1 is 1.19 bits per heavy atom. The number of carbonyl (C=O) groups is 1. The van der Waals surface area contributed by atoms with E-state index in [0.717, 1.165) is 40.1 Å². The summed E-state index contributed by atoms with van der Waals surface area (Å²) in [4.78, 5) is 14.9. The molecule has 4 atom stereocenters. The van der Waals surface area contributed by atoms with Crippen molar-refractivity contribution in [3.05, 3.63) is 52.9 Å². The SMILES string of the molecule is CC(C1CC2CCC1C2)n1c(SCc2ccc(C(=O)N(C)C)cc2)nnc1-c1cccs1. The molecule has 2 heterocycles. The summed E-state index contributed by atoms with van der Waals surface area (Å²) < 4.78 is 2.41. The summed E-state index contributed by atoms with van der Waals surface area (Å²) in [6.07, 6.45) is 5.56. The second-order valence-corrected chi connectivity index (χ2v) is 11.3. The molecule has 0 aliphatic heterocycles. The average Bonchev–Trinajstić information content (AvgIpc) is 3.60. The van der Waals surface area contributed by atoms with Crippen LogP contribution in [0.15, 0.2) is 46.9 Å². The lowest BCUT2D eigenvalue weighted by molar-refractivity contribution is 0.0827. The number of amides is 1. The second-order valence-electron chi connectivity index (χ2n) is 9.42. The molecule has 2 fully saturated rings. The molecule has 0 N–H and O–H groups in total. The Hall–Kier alpha value is -2.12. The highest BCUT2D eigenvalue weighted by atomic mass is 32.2. The van der Waals surface area contributed by atoms with Crippen LogP contribution < -0.4 is 0 Å². The van der Waals surface area contributed by atoms with Gasteiger partial charge in [-0.2, -0.15) is 0 Å². The van der Waals surface area contributed by atoms with Crippen LogP contribution in [0.2, 0.25) is 0 Å². The van der Waals surface area contributed by atoms with Crippen molar-refractivity contribution >= 4 is 29.0 Å². The van der Waals surface area contributed by atoms with Gasteiger partial charge in [0.2, 0.25) is 0 Å². The number of hydrogen-bond acceptors (Lipinski definition) is 5. The van der Waals surface area contributed by atoms with E-state index in [1.807, 2.05) is 24.3 Å². The summed E-state index contributed by atoms with van der Waals surface area (Å²) in [6, 6.07) is 12.6. The van der Waals surface area contributed by atoms with E-state index in [2.05, 4.69) is 39.2 Å². The van der Waals surface area contributed by atoms with Crippen LogP contribution in [0.25, 0.3) is 10.7 Å². The molecule has 4 unspecified atom stereocenters. The van der Waals surface area contributed by atoms with Crippen LogP contribution in [-0.4, -0.2) is 39.7 Å². The minimum atomic E-state index is 0.0317. The van der Waals surface area contributed by atoms with E-state index in [-0.39, 0.29) is 5.91 Å². The van der Waals surface area contributed by atoms with Crippen molar-refractivity contribution in [1.82, 2.24) is 19.7 Å². The second kappa shape index (κ2) is 9.02. The van der Waals surface area contributed by atoms with E-state index in [4.69, 9.17) is 0 Å². The van der Waals surface area contributed by atoms with Gasteiger partial charge in [-0.05, 0) is 73.1 Å². The minimum absolute atomic E-state index is 0.0317. The van der Waals surface area contributed by atoms with Gasteiger partial charge in [-0.3, -0.25) is 9.36 Å². The first-order valence-corrected chi connectivity index (χ1v) is 13.3. The highest BCUT2D eigenvalue weighted by Crippen LogP contribution is 2.53. The van der Waals surface area contributed by atoms with Crippen LogP contribution in [-0.2, 0) is 5.75 Å². The van der Waals surface area contributed by atoms with Gasteiger partial charge in [0.25, 0.3) is 5.91 Å². The van der Waals surface area contributed by atoms with Gasteiger partial charge in [-0.1, -0.05) is 36.4 Å². The maximum absolute atomic E-state index is 12.2. The fourth-order valence-electron chi connectivity index (χ4n) is 5.54. The van der Waals surface area contributed by atoms with E-state index < -0.39 is 0 Å². The molecule has 3 aromatic rings. The Labute approximate surface area is 198 Å². The molecule has 0 radical (unpaired) electrons. The van der Waals surface area contributed by atoms with Gasteiger partial charge in [0.05, 0.1) is 4.88 Å². The molecule has 5 nitrogen and oxygen atoms in total. The van der Waals surface area contributed by atoms with Crippen molar-refractivity contribution < 1.29 is 4.79 Å². The predicted octanol–water partition coefficient (Wildman–Crippen LogP) is 6.00. The number of fused-ring (bicyclic) bond motifs is 2. The molecule has 32 heavy (non-hydrogen) atoms. The zero-order valence-corrected chi connectivity index (χ0v) is 20.5. The Morgan fingerprint density at radius 3 is 2.62 bits per heavy atom. The van der Waals surface area contributed by atoms with Gasteiger partial charge in [-0.25, -0.2) is 0 Å². The monoisotopic (exact) mass is 466 g/mol. The molecule has 0 saturated heterocycles. The van der Waals surface area contributed by atoms with Crippen molar-refractivity contribution in [3.63, 3.8) is 0 Å². The third-order valence-electron chi connectivity index (χ3n) is 7.20. The first-order valence-electron chi connectivity index (χ1n) is 11.4. The lowest BCUT2D eigenvalue weighted by atomic mass is 9.84. The summed E-state index contributed by atoms with van der Waals surface area (Å²) in [5, 5.41) is 12.4. The quantitative estimate of drug-likeness (QED) is 0.401. The summed E-state index contributed by atoms with van der Waals surface area (Å²) in [6.45, 7) is 2.37. The van der Waals surface area contributed by atoms with Crippen LogP contribution in [0.3, 0.4) is 0 Å². The maximum Gasteiger partial charge on any atom is 0.253 e. The lowest BCUT2D eigenvalue weighted by Gasteiger charge is -2.30. The van der Waals surface area contributed by atoms with Crippen LogP contribution in [0.4, 0.5) is 0 Å². The molecule has 2 aliphatic carbocycles. The van der Waals surface area contributed by atoms with Gasteiger partial charge in [0.1, 0.15) is 0 Å². The van der Waals surface area contributed by atoms with Gasteiger partial charge in [0, 0.05) is 31.5 Å². The third-order valence-corrected chi connectivity index (χ3v) is 9.08. The largest absolute Gasteiger partial charge is 0.345 e. The third kappa shape index (κ3) is 4.13. The van der Waals surface area contributed by atoms with Crippen LogP contribution >= 0.6 is 23.1 Å². The fraction of sp³-hybridized carbons (Fsp3) is 0.480. The molecule has 0 spiro atoms. The molecule has 2 aromatic heterocycles. The van der Waals surface area contributed by atoms with Crippen LogP contribution in [0, 0.1) is 17.8 Å².